The maximum atomic E-state index is 12.4. The standard InChI is InChI=1S/C21H27N3O4S/c1-29(26,27)20-10-6-5-9-19(20)22-21(25)17-24-13-11-23(12-14-24)15-16-28-18-7-3-2-4-8-18/h2-10H,11-17H2,1H3,(H,22,25). The molecule has 1 aliphatic heterocycles. The number of benzene rings is 2. The largest absolute Gasteiger partial charge is 0.492 e. The minimum Gasteiger partial charge on any atom is -0.492 e. The van der Waals surface area contributed by atoms with Gasteiger partial charge in [-0.3, -0.25) is 14.6 Å². The molecule has 0 atom stereocenters. The summed E-state index contributed by atoms with van der Waals surface area (Å²) in [6.07, 6.45) is 1.14. The Kier molecular flexibility index (Phi) is 7.24. The number of nitrogens with zero attached hydrogens (tertiary/aromatic N) is 2. The third-order valence-electron chi connectivity index (χ3n) is 4.81. The van der Waals surface area contributed by atoms with Crippen LogP contribution in [0.15, 0.2) is 59.5 Å². The molecule has 2 aromatic carbocycles. The number of para-hydroxylation sites is 2. The fourth-order valence-corrected chi connectivity index (χ4v) is 4.11. The molecule has 0 radical (unpaired) electrons. The summed E-state index contributed by atoms with van der Waals surface area (Å²) in [5.41, 5.74) is 0.330. The SMILES string of the molecule is CS(=O)(=O)c1ccccc1NC(=O)CN1CCN(CCOc2ccccc2)CC1. The smallest absolute Gasteiger partial charge is 0.238 e. The van der Waals surface area contributed by atoms with Crippen molar-refractivity contribution in [3.8, 4) is 5.75 Å². The summed E-state index contributed by atoms with van der Waals surface area (Å²) in [4.78, 5) is 16.9. The number of hydrogen-bond donors (Lipinski definition) is 1. The van der Waals surface area contributed by atoms with Gasteiger partial charge in [0.1, 0.15) is 12.4 Å². The molecule has 156 valence electrons. The van der Waals surface area contributed by atoms with E-state index in [-0.39, 0.29) is 17.3 Å². The molecule has 2 aromatic rings. The van der Waals surface area contributed by atoms with Crippen LogP contribution < -0.4 is 10.1 Å². The molecule has 1 aliphatic rings. The molecule has 29 heavy (non-hydrogen) atoms. The molecule has 8 heteroatoms. The van der Waals surface area contributed by atoms with E-state index in [2.05, 4.69) is 15.1 Å². The number of carbonyl (C=O) groups is 1. The predicted octanol–water partition coefficient (Wildman–Crippen LogP) is 1.73. The van der Waals surface area contributed by atoms with E-state index in [0.717, 1.165) is 44.7 Å². The third kappa shape index (κ3) is 6.56. The summed E-state index contributed by atoms with van der Waals surface area (Å²) in [7, 11) is -3.40. The summed E-state index contributed by atoms with van der Waals surface area (Å²) < 4.78 is 29.5. The second-order valence-electron chi connectivity index (χ2n) is 7.10. The number of carbonyl (C=O) groups excluding carboxylic acids is 1. The minimum atomic E-state index is -3.40. The van der Waals surface area contributed by atoms with Crippen LogP contribution in [-0.2, 0) is 14.6 Å². The molecule has 1 fully saturated rings. The van der Waals surface area contributed by atoms with Crippen LogP contribution in [-0.4, -0.2) is 76.3 Å². The van der Waals surface area contributed by atoms with E-state index in [4.69, 9.17) is 4.74 Å². The zero-order chi connectivity index (χ0) is 20.7. The first-order valence-electron chi connectivity index (χ1n) is 9.63. The van der Waals surface area contributed by atoms with Gasteiger partial charge in [-0.2, -0.15) is 0 Å². The number of piperazine rings is 1. The lowest BCUT2D eigenvalue weighted by Gasteiger charge is -2.34. The number of anilines is 1. The molecule has 0 aromatic heterocycles. The maximum Gasteiger partial charge on any atom is 0.238 e. The molecule has 3 rings (SSSR count). The van der Waals surface area contributed by atoms with E-state index in [1.165, 1.54) is 6.07 Å². The average molecular weight is 418 g/mol. The molecule has 7 nitrogen and oxygen atoms in total. The van der Waals surface area contributed by atoms with Crippen molar-refractivity contribution in [2.45, 2.75) is 4.90 Å². The molecule has 1 amide bonds. The summed E-state index contributed by atoms with van der Waals surface area (Å²) in [5, 5.41) is 2.73. The van der Waals surface area contributed by atoms with Gasteiger partial charge in [-0.05, 0) is 24.3 Å². The summed E-state index contributed by atoms with van der Waals surface area (Å²) in [6.45, 7) is 5.02. The van der Waals surface area contributed by atoms with Crippen LogP contribution in [0.25, 0.3) is 0 Å². The molecule has 0 spiro atoms. The van der Waals surface area contributed by atoms with Gasteiger partial charge in [0.15, 0.2) is 9.84 Å². The van der Waals surface area contributed by atoms with Crippen LogP contribution >= 0.6 is 0 Å². The fraction of sp³-hybridized carbons (Fsp3) is 0.381. The lowest BCUT2D eigenvalue weighted by molar-refractivity contribution is -0.117. The number of hydrogen-bond acceptors (Lipinski definition) is 6. The van der Waals surface area contributed by atoms with Crippen LogP contribution in [0, 0.1) is 0 Å². The summed E-state index contributed by atoms with van der Waals surface area (Å²) >= 11 is 0. The minimum absolute atomic E-state index is 0.136. The van der Waals surface area contributed by atoms with Crippen molar-refractivity contribution in [2.24, 2.45) is 0 Å². The molecule has 0 bridgehead atoms. The Morgan fingerprint density at radius 2 is 1.59 bits per heavy atom. The fourth-order valence-electron chi connectivity index (χ4n) is 3.27. The van der Waals surface area contributed by atoms with Gasteiger partial charge in [0, 0.05) is 39.0 Å². The predicted molar refractivity (Wildman–Crippen MR) is 113 cm³/mol. The summed E-state index contributed by atoms with van der Waals surface area (Å²) in [6, 6.07) is 16.2. The molecule has 1 saturated heterocycles. The average Bonchev–Trinajstić information content (AvgIpc) is 2.70. The molecular formula is C21H27N3O4S. The molecule has 0 unspecified atom stereocenters. The Hall–Kier alpha value is -2.42. The van der Waals surface area contributed by atoms with E-state index < -0.39 is 9.84 Å². The number of rotatable bonds is 8. The first-order chi connectivity index (χ1) is 13.9. The first kappa shape index (κ1) is 21.3. The third-order valence-corrected chi connectivity index (χ3v) is 5.97. The Balaban J connectivity index is 1.41. The van der Waals surface area contributed by atoms with Crippen molar-refractivity contribution in [3.63, 3.8) is 0 Å². The number of amides is 1. The maximum absolute atomic E-state index is 12.4. The zero-order valence-corrected chi connectivity index (χ0v) is 17.4. The molecule has 0 saturated carbocycles. The van der Waals surface area contributed by atoms with E-state index in [1.54, 1.807) is 18.2 Å². The Labute approximate surface area is 172 Å². The van der Waals surface area contributed by atoms with E-state index in [1.807, 2.05) is 30.3 Å². The van der Waals surface area contributed by atoms with E-state index in [0.29, 0.717) is 12.3 Å². The highest BCUT2D eigenvalue weighted by Gasteiger charge is 2.20. The van der Waals surface area contributed by atoms with Gasteiger partial charge < -0.3 is 10.1 Å². The van der Waals surface area contributed by atoms with Gasteiger partial charge in [-0.1, -0.05) is 30.3 Å². The Morgan fingerprint density at radius 1 is 0.966 bits per heavy atom. The first-order valence-corrected chi connectivity index (χ1v) is 11.5. The number of sulfone groups is 1. The molecule has 1 heterocycles. The van der Waals surface area contributed by atoms with Crippen molar-refractivity contribution in [3.05, 3.63) is 54.6 Å². The van der Waals surface area contributed by atoms with Crippen LogP contribution in [0.2, 0.25) is 0 Å². The lowest BCUT2D eigenvalue weighted by atomic mass is 10.3. The van der Waals surface area contributed by atoms with Crippen LogP contribution in [0.1, 0.15) is 0 Å². The number of nitrogens with one attached hydrogen (secondary N) is 1. The number of ether oxygens (including phenoxy) is 1. The molecule has 0 aliphatic carbocycles. The van der Waals surface area contributed by atoms with Crippen LogP contribution in [0.5, 0.6) is 5.75 Å². The molecule has 1 N–H and O–H groups in total. The van der Waals surface area contributed by atoms with Gasteiger partial charge in [-0.25, -0.2) is 8.42 Å². The van der Waals surface area contributed by atoms with Crippen molar-refractivity contribution in [1.29, 1.82) is 0 Å². The highest BCUT2D eigenvalue weighted by Crippen LogP contribution is 2.20. The highest BCUT2D eigenvalue weighted by molar-refractivity contribution is 7.90. The van der Waals surface area contributed by atoms with E-state index in [9.17, 15) is 13.2 Å². The van der Waals surface area contributed by atoms with Gasteiger partial charge in [0.25, 0.3) is 0 Å². The highest BCUT2D eigenvalue weighted by atomic mass is 32.2. The van der Waals surface area contributed by atoms with Gasteiger partial charge in [0.2, 0.25) is 5.91 Å². The normalized spacial score (nSPS) is 15.8. The van der Waals surface area contributed by atoms with Crippen molar-refractivity contribution in [1.82, 2.24) is 9.80 Å². The molecular weight excluding hydrogens is 390 g/mol. The van der Waals surface area contributed by atoms with E-state index >= 15 is 0 Å². The van der Waals surface area contributed by atoms with Crippen molar-refractivity contribution < 1.29 is 17.9 Å². The van der Waals surface area contributed by atoms with Gasteiger partial charge >= 0.3 is 0 Å². The van der Waals surface area contributed by atoms with Crippen LogP contribution in [0.3, 0.4) is 0 Å². The van der Waals surface area contributed by atoms with Gasteiger partial charge in [-0.15, -0.1) is 0 Å². The van der Waals surface area contributed by atoms with Crippen molar-refractivity contribution >= 4 is 21.4 Å². The summed E-state index contributed by atoms with van der Waals surface area (Å²) in [5.74, 6) is 0.666. The Bertz CT molecular complexity index is 911. The second-order valence-corrected chi connectivity index (χ2v) is 9.08. The zero-order valence-electron chi connectivity index (χ0n) is 16.6. The lowest BCUT2D eigenvalue weighted by Crippen LogP contribution is -2.49. The second kappa shape index (κ2) is 9.87. The topological polar surface area (TPSA) is 79.0 Å². The van der Waals surface area contributed by atoms with Gasteiger partial charge in [0.05, 0.1) is 17.1 Å². The van der Waals surface area contributed by atoms with Crippen molar-refractivity contribution in [2.75, 3.05) is 57.4 Å². The quantitative estimate of drug-likeness (QED) is 0.705. The monoisotopic (exact) mass is 417 g/mol. The van der Waals surface area contributed by atoms with Crippen LogP contribution in [0.4, 0.5) is 5.69 Å². The Morgan fingerprint density at radius 3 is 2.28 bits per heavy atom.